The molecule has 2 rings (SSSR count). The molecule has 0 atom stereocenters. The third-order valence-electron chi connectivity index (χ3n) is 5.29. The van der Waals surface area contributed by atoms with Crippen LogP contribution in [0.4, 0.5) is 10.5 Å². The van der Waals surface area contributed by atoms with Gasteiger partial charge in [0.2, 0.25) is 0 Å². The number of aromatic hydroxyl groups is 1. The second-order valence-electron chi connectivity index (χ2n) is 8.15. The van der Waals surface area contributed by atoms with E-state index >= 15 is 0 Å². The average molecular weight is 459 g/mol. The standard InChI is InChI=1S/C26H35ClN2O3/c1-3-4-5-6-7-8-9-10-11-15-24(23-18-20(2)16-17-25(23)30)29-32-26(31)28-22-14-12-13-21(27)19-22/h12-14,16-19,30H,3-11,15H2,1-2H3,(H,28,31)/b29-24-. The second-order valence-corrected chi connectivity index (χ2v) is 8.59. The van der Waals surface area contributed by atoms with Crippen LogP contribution in [0.2, 0.25) is 5.02 Å². The van der Waals surface area contributed by atoms with Crippen molar-refractivity contribution in [2.24, 2.45) is 5.16 Å². The summed E-state index contributed by atoms with van der Waals surface area (Å²) in [4.78, 5) is 17.3. The monoisotopic (exact) mass is 458 g/mol. The van der Waals surface area contributed by atoms with Gasteiger partial charge < -0.3 is 5.11 Å². The Kier molecular flexibility index (Phi) is 11.7. The van der Waals surface area contributed by atoms with Crippen LogP contribution in [-0.4, -0.2) is 16.9 Å². The topological polar surface area (TPSA) is 70.9 Å². The van der Waals surface area contributed by atoms with E-state index in [0.717, 1.165) is 18.4 Å². The molecular formula is C26H35ClN2O3. The lowest BCUT2D eigenvalue weighted by atomic mass is 10.00. The van der Waals surface area contributed by atoms with Gasteiger partial charge >= 0.3 is 6.09 Å². The lowest BCUT2D eigenvalue weighted by Crippen LogP contribution is -2.13. The van der Waals surface area contributed by atoms with Gasteiger partial charge in [-0.3, -0.25) is 10.2 Å². The molecule has 0 saturated heterocycles. The van der Waals surface area contributed by atoms with Crippen LogP contribution in [0.15, 0.2) is 47.6 Å². The minimum Gasteiger partial charge on any atom is -0.507 e. The second kappa shape index (κ2) is 14.5. The smallest absolute Gasteiger partial charge is 0.437 e. The van der Waals surface area contributed by atoms with E-state index in [-0.39, 0.29) is 5.75 Å². The number of nitrogens with one attached hydrogen (secondary N) is 1. The molecule has 0 aliphatic carbocycles. The van der Waals surface area contributed by atoms with Crippen molar-refractivity contribution in [3.05, 3.63) is 58.6 Å². The Morgan fingerprint density at radius 1 is 1.00 bits per heavy atom. The molecule has 0 saturated carbocycles. The summed E-state index contributed by atoms with van der Waals surface area (Å²) in [6, 6.07) is 12.1. The number of hydrogen-bond donors (Lipinski definition) is 2. The van der Waals surface area contributed by atoms with Crippen molar-refractivity contribution < 1.29 is 14.7 Å². The number of benzene rings is 2. The number of amides is 1. The van der Waals surface area contributed by atoms with Crippen molar-refractivity contribution in [1.82, 2.24) is 0 Å². The fourth-order valence-electron chi connectivity index (χ4n) is 3.52. The van der Waals surface area contributed by atoms with E-state index in [1.807, 2.05) is 19.1 Å². The normalized spacial score (nSPS) is 11.4. The van der Waals surface area contributed by atoms with Gasteiger partial charge in [-0.25, -0.2) is 4.79 Å². The van der Waals surface area contributed by atoms with Crippen molar-refractivity contribution in [2.75, 3.05) is 5.32 Å². The molecule has 0 aliphatic rings. The van der Waals surface area contributed by atoms with Crippen LogP contribution in [0.1, 0.15) is 82.3 Å². The zero-order chi connectivity index (χ0) is 23.2. The summed E-state index contributed by atoms with van der Waals surface area (Å²) in [5, 5.41) is 17.5. The van der Waals surface area contributed by atoms with Gasteiger partial charge in [0.25, 0.3) is 0 Å². The number of hydrogen-bond acceptors (Lipinski definition) is 4. The predicted molar refractivity (Wildman–Crippen MR) is 133 cm³/mol. The van der Waals surface area contributed by atoms with E-state index < -0.39 is 6.09 Å². The van der Waals surface area contributed by atoms with Crippen LogP contribution in [0, 0.1) is 6.92 Å². The van der Waals surface area contributed by atoms with Crippen LogP contribution >= 0.6 is 11.6 Å². The zero-order valence-corrected chi connectivity index (χ0v) is 20.0. The first-order valence-electron chi connectivity index (χ1n) is 11.6. The highest BCUT2D eigenvalue weighted by Gasteiger charge is 2.12. The number of rotatable bonds is 13. The number of phenolic OH excluding ortho intramolecular Hbond substituents is 1. The summed E-state index contributed by atoms with van der Waals surface area (Å²) in [7, 11) is 0. The maximum Gasteiger partial charge on any atom is 0.437 e. The van der Waals surface area contributed by atoms with Gasteiger partial charge in [-0.15, -0.1) is 0 Å². The molecule has 0 radical (unpaired) electrons. The molecule has 0 unspecified atom stereocenters. The fraction of sp³-hybridized carbons (Fsp3) is 0.462. The lowest BCUT2D eigenvalue weighted by Gasteiger charge is -2.10. The number of halogens is 1. The molecule has 2 aromatic rings. The van der Waals surface area contributed by atoms with Gasteiger partial charge in [-0.05, 0) is 50.1 Å². The predicted octanol–water partition coefficient (Wildman–Crippen LogP) is 8.23. The molecule has 0 bridgehead atoms. The highest BCUT2D eigenvalue weighted by Crippen LogP contribution is 2.23. The number of carbonyl (C=O) groups excluding carboxylic acids is 1. The van der Waals surface area contributed by atoms with E-state index in [1.165, 1.54) is 44.9 Å². The maximum atomic E-state index is 12.2. The number of carbonyl (C=O) groups is 1. The van der Waals surface area contributed by atoms with Crippen molar-refractivity contribution in [2.45, 2.75) is 78.1 Å². The van der Waals surface area contributed by atoms with E-state index in [2.05, 4.69) is 17.4 Å². The third kappa shape index (κ3) is 9.73. The Labute approximate surface area is 196 Å². The first-order valence-corrected chi connectivity index (χ1v) is 12.0. The molecule has 174 valence electrons. The highest BCUT2D eigenvalue weighted by atomic mass is 35.5. The summed E-state index contributed by atoms with van der Waals surface area (Å²) in [5.74, 6) is 0.129. The number of aryl methyl sites for hydroxylation is 1. The minimum absolute atomic E-state index is 0.129. The van der Waals surface area contributed by atoms with Crippen LogP contribution in [0.5, 0.6) is 5.75 Å². The molecule has 1 amide bonds. The molecule has 0 spiro atoms. The molecule has 0 aromatic heterocycles. The van der Waals surface area contributed by atoms with Gasteiger partial charge in [0.1, 0.15) is 5.75 Å². The van der Waals surface area contributed by atoms with Gasteiger partial charge in [-0.1, -0.05) is 92.7 Å². The molecule has 32 heavy (non-hydrogen) atoms. The Bertz CT molecular complexity index is 883. The molecule has 6 heteroatoms. The van der Waals surface area contributed by atoms with Crippen LogP contribution in [0.25, 0.3) is 0 Å². The van der Waals surface area contributed by atoms with Gasteiger partial charge in [0.15, 0.2) is 0 Å². The van der Waals surface area contributed by atoms with E-state index in [9.17, 15) is 9.90 Å². The van der Waals surface area contributed by atoms with Gasteiger partial charge in [0.05, 0.1) is 5.71 Å². The Morgan fingerprint density at radius 3 is 2.38 bits per heavy atom. The van der Waals surface area contributed by atoms with Gasteiger partial charge in [0, 0.05) is 16.3 Å². The number of anilines is 1. The Balaban J connectivity index is 1.92. The quantitative estimate of drug-likeness (QED) is 0.137. The summed E-state index contributed by atoms with van der Waals surface area (Å²) < 4.78 is 0. The highest BCUT2D eigenvalue weighted by molar-refractivity contribution is 6.30. The van der Waals surface area contributed by atoms with Crippen molar-refractivity contribution in [3.63, 3.8) is 0 Å². The number of oxime groups is 1. The van der Waals surface area contributed by atoms with Crippen LogP contribution in [0.3, 0.4) is 0 Å². The largest absolute Gasteiger partial charge is 0.507 e. The first-order chi connectivity index (χ1) is 15.5. The average Bonchev–Trinajstić information content (AvgIpc) is 2.76. The molecule has 0 heterocycles. The lowest BCUT2D eigenvalue weighted by molar-refractivity contribution is 0.166. The molecule has 0 aliphatic heterocycles. The number of nitrogens with zero attached hydrogens (tertiary/aromatic N) is 1. The molecule has 0 fully saturated rings. The van der Waals surface area contributed by atoms with Crippen LogP contribution in [-0.2, 0) is 4.84 Å². The summed E-state index contributed by atoms with van der Waals surface area (Å²) in [5.41, 5.74) is 2.69. The molecule has 2 aromatic carbocycles. The SMILES string of the molecule is CCCCCCCCCCC/C(=N/OC(=O)Nc1cccc(Cl)c1)c1cc(C)ccc1O. The van der Waals surface area contributed by atoms with E-state index in [1.54, 1.807) is 30.3 Å². The Morgan fingerprint density at radius 2 is 1.69 bits per heavy atom. The van der Waals surface area contributed by atoms with Crippen molar-refractivity contribution >= 4 is 29.1 Å². The first kappa shape index (κ1) is 25.7. The maximum absolute atomic E-state index is 12.2. The molecule has 2 N–H and O–H groups in total. The summed E-state index contributed by atoms with van der Waals surface area (Å²) in [6.07, 6.45) is 10.8. The van der Waals surface area contributed by atoms with E-state index in [4.69, 9.17) is 16.4 Å². The molecular weight excluding hydrogens is 424 g/mol. The number of unbranched alkanes of at least 4 members (excludes halogenated alkanes) is 8. The summed E-state index contributed by atoms with van der Waals surface area (Å²) in [6.45, 7) is 4.18. The van der Waals surface area contributed by atoms with Crippen molar-refractivity contribution in [3.8, 4) is 5.75 Å². The zero-order valence-electron chi connectivity index (χ0n) is 19.2. The molecule has 5 nitrogen and oxygen atoms in total. The number of phenols is 1. The fourth-order valence-corrected chi connectivity index (χ4v) is 3.71. The van der Waals surface area contributed by atoms with Crippen molar-refractivity contribution in [1.29, 1.82) is 0 Å². The minimum atomic E-state index is -0.705. The van der Waals surface area contributed by atoms with Crippen LogP contribution < -0.4 is 5.32 Å². The Hall–Kier alpha value is -2.53. The van der Waals surface area contributed by atoms with E-state index in [0.29, 0.717) is 28.4 Å². The third-order valence-corrected chi connectivity index (χ3v) is 5.52. The van der Waals surface area contributed by atoms with Gasteiger partial charge in [-0.2, -0.15) is 0 Å². The summed E-state index contributed by atoms with van der Waals surface area (Å²) >= 11 is 5.95.